The average molecular weight is 712 g/mol. The lowest BCUT2D eigenvalue weighted by Crippen LogP contribution is -2.74. The van der Waals surface area contributed by atoms with E-state index in [4.69, 9.17) is 0 Å². The molecule has 1 heterocycles. The topological polar surface area (TPSA) is 4.93 Å². The highest BCUT2D eigenvalue weighted by Gasteiger charge is 2.58. The minimum Gasteiger partial charge on any atom is -0.309 e. The van der Waals surface area contributed by atoms with Crippen LogP contribution in [0, 0.1) is 11.8 Å². The standard InChI is InChI=1S/C52H45NSi/c1-4-14-43(15-5-1)54(44-16-6-2-7-17-44,45-18-8-3-9-19-45)46-30-26-41(27-31-46)52-35-38-32-39(36-52)34-51(33-38,37-52)40-24-28-42(29-25-40)53-49-22-12-10-20-47(49)48-21-11-13-23-50(48)53/h1-31,38-39H,32-37H2. The Morgan fingerprint density at radius 2 is 0.759 bits per heavy atom. The normalized spacial score (nSPS) is 23.3. The molecule has 0 N–H and O–H groups in total. The molecule has 4 fully saturated rings. The van der Waals surface area contributed by atoms with Crippen LogP contribution in [0.1, 0.15) is 49.7 Å². The van der Waals surface area contributed by atoms with Crippen LogP contribution < -0.4 is 20.7 Å². The van der Waals surface area contributed by atoms with E-state index in [1.54, 1.807) is 11.1 Å². The molecule has 4 bridgehead atoms. The van der Waals surface area contributed by atoms with E-state index in [0.29, 0.717) is 0 Å². The Morgan fingerprint density at radius 3 is 1.20 bits per heavy atom. The Hall–Kier alpha value is -5.44. The van der Waals surface area contributed by atoms with E-state index < -0.39 is 8.07 Å². The summed E-state index contributed by atoms with van der Waals surface area (Å²) in [6, 6.07) is 71.8. The van der Waals surface area contributed by atoms with Gasteiger partial charge in [-0.25, -0.2) is 0 Å². The van der Waals surface area contributed by atoms with Crippen LogP contribution in [0.25, 0.3) is 27.5 Å². The number of aromatic nitrogens is 1. The van der Waals surface area contributed by atoms with E-state index in [0.717, 1.165) is 11.8 Å². The van der Waals surface area contributed by atoms with Crippen LogP contribution >= 0.6 is 0 Å². The van der Waals surface area contributed by atoms with Crippen molar-refractivity contribution < 1.29 is 0 Å². The summed E-state index contributed by atoms with van der Waals surface area (Å²) in [5.74, 6) is 1.60. The lowest BCUT2D eigenvalue weighted by atomic mass is 9.42. The molecule has 4 aliphatic carbocycles. The lowest BCUT2D eigenvalue weighted by Gasteiger charge is -2.63. The van der Waals surface area contributed by atoms with Crippen molar-refractivity contribution in [1.29, 1.82) is 0 Å². The van der Waals surface area contributed by atoms with Crippen LogP contribution in [0.5, 0.6) is 0 Å². The molecule has 2 heteroatoms. The number of hydrogen-bond donors (Lipinski definition) is 0. The predicted molar refractivity (Wildman–Crippen MR) is 229 cm³/mol. The second kappa shape index (κ2) is 12.3. The molecule has 0 saturated heterocycles. The number of rotatable bonds is 7. The highest BCUT2D eigenvalue weighted by Crippen LogP contribution is 2.66. The van der Waals surface area contributed by atoms with E-state index in [9.17, 15) is 0 Å². The van der Waals surface area contributed by atoms with Gasteiger partial charge in [-0.1, -0.05) is 164 Å². The maximum absolute atomic E-state index is 2.57. The highest BCUT2D eigenvalue weighted by molar-refractivity contribution is 7.19. The average Bonchev–Trinajstić information content (AvgIpc) is 3.57. The number of nitrogens with zero attached hydrogens (tertiary/aromatic N) is 1. The highest BCUT2D eigenvalue weighted by atomic mass is 28.3. The van der Waals surface area contributed by atoms with Crippen molar-refractivity contribution in [3.63, 3.8) is 0 Å². The fourth-order valence-corrected chi connectivity index (χ4v) is 17.0. The largest absolute Gasteiger partial charge is 0.309 e. The van der Waals surface area contributed by atoms with Gasteiger partial charge >= 0.3 is 0 Å². The second-order valence-corrected chi connectivity index (χ2v) is 20.7. The summed E-state index contributed by atoms with van der Waals surface area (Å²) in [7, 11) is -2.54. The third kappa shape index (κ3) is 4.75. The van der Waals surface area contributed by atoms with Gasteiger partial charge in [-0.3, -0.25) is 0 Å². The van der Waals surface area contributed by atoms with Gasteiger partial charge in [0, 0.05) is 16.5 Å². The van der Waals surface area contributed by atoms with Crippen molar-refractivity contribution in [3.8, 4) is 5.69 Å². The van der Waals surface area contributed by atoms with Gasteiger partial charge in [0.25, 0.3) is 0 Å². The van der Waals surface area contributed by atoms with Crippen molar-refractivity contribution in [2.24, 2.45) is 11.8 Å². The van der Waals surface area contributed by atoms with Gasteiger partial charge < -0.3 is 4.57 Å². The first-order valence-electron chi connectivity index (χ1n) is 20.0. The molecule has 54 heavy (non-hydrogen) atoms. The minimum absolute atomic E-state index is 0.241. The molecule has 0 aliphatic heterocycles. The van der Waals surface area contributed by atoms with Gasteiger partial charge in [-0.2, -0.15) is 0 Å². The maximum atomic E-state index is 2.57. The summed E-state index contributed by atoms with van der Waals surface area (Å²) in [5, 5.41) is 8.43. The third-order valence-corrected chi connectivity index (χ3v) is 18.7. The van der Waals surface area contributed by atoms with E-state index in [1.807, 2.05) is 0 Å². The zero-order valence-electron chi connectivity index (χ0n) is 30.7. The molecule has 0 radical (unpaired) electrons. The lowest BCUT2D eigenvalue weighted by molar-refractivity contribution is -0.0281. The molecule has 2 atom stereocenters. The molecular weight excluding hydrogens is 667 g/mol. The molecule has 262 valence electrons. The zero-order valence-corrected chi connectivity index (χ0v) is 31.7. The molecule has 0 spiro atoms. The van der Waals surface area contributed by atoms with Gasteiger partial charge in [0.15, 0.2) is 8.07 Å². The molecule has 0 amide bonds. The van der Waals surface area contributed by atoms with Crippen LogP contribution in [0.2, 0.25) is 0 Å². The molecule has 1 nitrogen and oxygen atoms in total. The fraction of sp³-hybridized carbons (Fsp3) is 0.192. The van der Waals surface area contributed by atoms with E-state index in [-0.39, 0.29) is 10.8 Å². The van der Waals surface area contributed by atoms with Crippen LogP contribution in [0.3, 0.4) is 0 Å². The Labute approximate surface area is 320 Å². The second-order valence-electron chi connectivity index (χ2n) is 16.9. The van der Waals surface area contributed by atoms with Gasteiger partial charge in [0.2, 0.25) is 0 Å². The first-order valence-corrected chi connectivity index (χ1v) is 22.0. The monoisotopic (exact) mass is 711 g/mol. The number of para-hydroxylation sites is 2. The predicted octanol–water partition coefficient (Wildman–Crippen LogP) is 9.95. The summed E-state index contributed by atoms with van der Waals surface area (Å²) < 4.78 is 2.46. The molecule has 1 aromatic heterocycles. The SMILES string of the molecule is c1ccc([Si](c2ccccc2)(c2ccccc2)c2ccc(C34CC5CC(CC(c6ccc(-n7c8ccccc8c8ccccc87)cc6)(C5)C3)C4)cc2)cc1. The molecule has 12 rings (SSSR count). The van der Waals surface area contributed by atoms with E-state index in [1.165, 1.54) is 86.8 Å². The first-order chi connectivity index (χ1) is 26.7. The Balaban J connectivity index is 0.984. The van der Waals surface area contributed by atoms with Crippen molar-refractivity contribution in [2.45, 2.75) is 49.4 Å². The molecule has 2 unspecified atom stereocenters. The van der Waals surface area contributed by atoms with Gasteiger partial charge in [0.05, 0.1) is 11.0 Å². The Morgan fingerprint density at radius 1 is 0.389 bits per heavy atom. The van der Waals surface area contributed by atoms with Crippen LogP contribution in [0.15, 0.2) is 188 Å². The summed E-state index contributed by atoms with van der Waals surface area (Å²) in [4.78, 5) is 0. The molecule has 8 aromatic rings. The quantitative estimate of drug-likeness (QED) is 0.115. The summed E-state index contributed by atoms with van der Waals surface area (Å²) in [6.07, 6.45) is 8.02. The van der Waals surface area contributed by atoms with Gasteiger partial charge in [0.1, 0.15) is 0 Å². The Bertz CT molecular complexity index is 2440. The summed E-state index contributed by atoms with van der Waals surface area (Å²) in [5.41, 5.74) is 7.44. The minimum atomic E-state index is -2.54. The van der Waals surface area contributed by atoms with Crippen molar-refractivity contribution in [1.82, 2.24) is 4.57 Å². The number of fused-ring (bicyclic) bond motifs is 3. The summed E-state index contributed by atoms with van der Waals surface area (Å²) in [6.45, 7) is 0. The zero-order chi connectivity index (χ0) is 35.7. The van der Waals surface area contributed by atoms with Crippen molar-refractivity contribution >= 4 is 50.6 Å². The fourth-order valence-electron chi connectivity index (χ4n) is 12.2. The first kappa shape index (κ1) is 32.0. The van der Waals surface area contributed by atoms with Crippen LogP contribution in [0.4, 0.5) is 0 Å². The van der Waals surface area contributed by atoms with Crippen LogP contribution in [-0.4, -0.2) is 12.6 Å². The number of hydrogen-bond acceptors (Lipinski definition) is 0. The number of benzene rings is 7. The molecule has 7 aromatic carbocycles. The molecular formula is C52H45NSi. The van der Waals surface area contributed by atoms with E-state index >= 15 is 0 Å². The van der Waals surface area contributed by atoms with Gasteiger partial charge in [-0.05, 0) is 117 Å². The van der Waals surface area contributed by atoms with E-state index in [2.05, 4.69) is 193 Å². The van der Waals surface area contributed by atoms with Gasteiger partial charge in [-0.15, -0.1) is 0 Å². The third-order valence-electron chi connectivity index (χ3n) is 13.9. The smallest absolute Gasteiger partial charge is 0.179 e. The Kier molecular flexibility index (Phi) is 7.29. The van der Waals surface area contributed by atoms with Crippen LogP contribution in [-0.2, 0) is 10.8 Å². The van der Waals surface area contributed by atoms with Crippen molar-refractivity contribution in [2.75, 3.05) is 0 Å². The maximum Gasteiger partial charge on any atom is 0.179 e. The summed E-state index contributed by atoms with van der Waals surface area (Å²) >= 11 is 0. The molecule has 4 saturated carbocycles. The molecule has 4 aliphatic rings. The van der Waals surface area contributed by atoms with Crippen molar-refractivity contribution in [3.05, 3.63) is 199 Å².